The summed E-state index contributed by atoms with van der Waals surface area (Å²) in [6.07, 6.45) is -3.51. The fourth-order valence-electron chi connectivity index (χ4n) is 4.39. The topological polar surface area (TPSA) is 54.4 Å². The Morgan fingerprint density at radius 3 is 2.58 bits per heavy atom. The van der Waals surface area contributed by atoms with Crippen molar-refractivity contribution in [2.75, 3.05) is 0 Å². The van der Waals surface area contributed by atoms with Crippen molar-refractivity contribution in [3.8, 4) is 0 Å². The second-order valence-electron chi connectivity index (χ2n) is 6.62. The van der Waals surface area contributed by atoms with E-state index in [1.54, 1.807) is 6.92 Å². The molecule has 2 aliphatic carbocycles. The first-order valence-electron chi connectivity index (χ1n) is 7.75. The summed E-state index contributed by atoms with van der Waals surface area (Å²) >= 11 is 5.99. The SMILES string of the molecule is CCC12C(=O)C(Cc3cc(C(F)(F)F)ccc3Cl)CC1C2C(=O)O. The van der Waals surface area contributed by atoms with Crippen LogP contribution in [0, 0.1) is 23.2 Å². The van der Waals surface area contributed by atoms with Crippen molar-refractivity contribution in [2.24, 2.45) is 23.2 Å². The van der Waals surface area contributed by atoms with Crippen molar-refractivity contribution in [1.29, 1.82) is 0 Å². The molecule has 0 bridgehead atoms. The van der Waals surface area contributed by atoms with Crippen LogP contribution in [0.25, 0.3) is 0 Å². The van der Waals surface area contributed by atoms with Gasteiger partial charge in [0.1, 0.15) is 5.78 Å². The molecule has 130 valence electrons. The van der Waals surface area contributed by atoms with Gasteiger partial charge >= 0.3 is 12.1 Å². The summed E-state index contributed by atoms with van der Waals surface area (Å²) in [5, 5.41) is 9.41. The molecule has 1 N–H and O–H groups in total. The van der Waals surface area contributed by atoms with Gasteiger partial charge in [0.05, 0.1) is 11.5 Å². The third kappa shape index (κ3) is 2.42. The Labute approximate surface area is 141 Å². The lowest BCUT2D eigenvalue weighted by Crippen LogP contribution is -2.26. The standard InChI is InChI=1S/C17H16ClF3O3/c1-2-16-11(13(16)15(23)24)7-9(14(16)22)5-8-6-10(17(19,20)21)3-4-12(8)18/h3-4,6,9,11,13H,2,5,7H2,1H3,(H,23,24). The number of benzene rings is 1. The molecule has 1 aromatic rings. The average Bonchev–Trinajstić information content (AvgIpc) is 3.07. The van der Waals surface area contributed by atoms with Gasteiger partial charge in [0.2, 0.25) is 0 Å². The number of hydrogen-bond acceptors (Lipinski definition) is 2. The molecule has 0 amide bonds. The van der Waals surface area contributed by atoms with Crippen molar-refractivity contribution >= 4 is 23.4 Å². The number of carbonyl (C=O) groups is 2. The van der Waals surface area contributed by atoms with Gasteiger partial charge in [0.25, 0.3) is 0 Å². The van der Waals surface area contributed by atoms with Crippen LogP contribution in [0.2, 0.25) is 5.02 Å². The summed E-state index contributed by atoms with van der Waals surface area (Å²) in [5.74, 6) is -2.43. The molecule has 0 aromatic heterocycles. The Bertz CT molecular complexity index is 716. The Balaban J connectivity index is 1.82. The summed E-state index contributed by atoms with van der Waals surface area (Å²) in [6, 6.07) is 3.08. The molecule has 0 heterocycles. The maximum Gasteiger partial charge on any atom is 0.416 e. The number of carboxylic acid groups (broad SMARTS) is 1. The highest BCUT2D eigenvalue weighted by molar-refractivity contribution is 6.31. The third-order valence-electron chi connectivity index (χ3n) is 5.57. The number of alkyl halides is 3. The minimum absolute atomic E-state index is 0.117. The monoisotopic (exact) mass is 360 g/mol. The number of hydrogen-bond donors (Lipinski definition) is 1. The number of ketones is 1. The van der Waals surface area contributed by atoms with Crippen LogP contribution in [0.15, 0.2) is 18.2 Å². The maximum atomic E-state index is 12.8. The van der Waals surface area contributed by atoms with Crippen molar-refractivity contribution in [2.45, 2.75) is 32.4 Å². The predicted molar refractivity (Wildman–Crippen MR) is 80.6 cm³/mol. The van der Waals surface area contributed by atoms with Crippen LogP contribution in [0.3, 0.4) is 0 Å². The molecular weight excluding hydrogens is 345 g/mol. The molecule has 0 saturated heterocycles. The van der Waals surface area contributed by atoms with Crippen molar-refractivity contribution in [3.63, 3.8) is 0 Å². The molecule has 2 saturated carbocycles. The summed E-state index contributed by atoms with van der Waals surface area (Å²) < 4.78 is 38.5. The van der Waals surface area contributed by atoms with Gasteiger partial charge in [-0.2, -0.15) is 13.2 Å². The molecule has 24 heavy (non-hydrogen) atoms. The van der Waals surface area contributed by atoms with Crippen LogP contribution in [-0.4, -0.2) is 16.9 Å². The van der Waals surface area contributed by atoms with Gasteiger partial charge in [-0.15, -0.1) is 0 Å². The molecule has 0 spiro atoms. The highest BCUT2D eigenvalue weighted by Gasteiger charge is 2.75. The van der Waals surface area contributed by atoms with E-state index in [-0.39, 0.29) is 28.7 Å². The lowest BCUT2D eigenvalue weighted by Gasteiger charge is -2.18. The maximum absolute atomic E-state index is 12.8. The van der Waals surface area contributed by atoms with E-state index in [1.165, 1.54) is 6.07 Å². The van der Waals surface area contributed by atoms with Crippen molar-refractivity contribution in [3.05, 3.63) is 34.3 Å². The van der Waals surface area contributed by atoms with Gasteiger partial charge in [-0.25, -0.2) is 0 Å². The van der Waals surface area contributed by atoms with Crippen LogP contribution >= 0.6 is 11.6 Å². The van der Waals surface area contributed by atoms with Crippen LogP contribution in [-0.2, 0) is 22.2 Å². The molecule has 0 radical (unpaired) electrons. The zero-order valence-electron chi connectivity index (χ0n) is 12.9. The smallest absolute Gasteiger partial charge is 0.416 e. The van der Waals surface area contributed by atoms with Crippen LogP contribution in [0.5, 0.6) is 0 Å². The molecule has 0 aliphatic heterocycles. The number of carboxylic acids is 1. The lowest BCUT2D eigenvalue weighted by molar-refractivity contribution is -0.142. The van der Waals surface area contributed by atoms with E-state index in [0.717, 1.165) is 12.1 Å². The summed E-state index contributed by atoms with van der Waals surface area (Å²) in [4.78, 5) is 23.9. The molecule has 4 unspecified atom stereocenters. The predicted octanol–water partition coefficient (Wildman–Crippen LogP) is 4.22. The zero-order valence-corrected chi connectivity index (χ0v) is 13.6. The van der Waals surface area contributed by atoms with E-state index < -0.39 is 35.0 Å². The van der Waals surface area contributed by atoms with E-state index in [4.69, 9.17) is 11.6 Å². The molecule has 1 aromatic carbocycles. The zero-order chi connectivity index (χ0) is 17.9. The quantitative estimate of drug-likeness (QED) is 0.874. The fraction of sp³-hybridized carbons (Fsp3) is 0.529. The molecule has 7 heteroatoms. The molecule has 2 aliphatic rings. The summed E-state index contributed by atoms with van der Waals surface area (Å²) in [7, 11) is 0. The van der Waals surface area contributed by atoms with Crippen molar-refractivity contribution in [1.82, 2.24) is 0 Å². The van der Waals surface area contributed by atoms with Crippen molar-refractivity contribution < 1.29 is 27.9 Å². The van der Waals surface area contributed by atoms with Gasteiger partial charge in [-0.05, 0) is 48.9 Å². The van der Waals surface area contributed by atoms with E-state index in [9.17, 15) is 27.9 Å². The molecule has 3 rings (SSSR count). The molecule has 2 fully saturated rings. The second kappa shape index (κ2) is 5.48. The van der Waals surface area contributed by atoms with Crippen LogP contribution < -0.4 is 0 Å². The number of carbonyl (C=O) groups excluding carboxylic acids is 1. The molecule has 3 nitrogen and oxygen atoms in total. The number of fused-ring (bicyclic) bond motifs is 1. The van der Waals surface area contributed by atoms with E-state index >= 15 is 0 Å². The van der Waals surface area contributed by atoms with E-state index in [1.807, 2.05) is 0 Å². The van der Waals surface area contributed by atoms with E-state index in [0.29, 0.717) is 12.8 Å². The fourth-order valence-corrected chi connectivity index (χ4v) is 4.59. The first-order chi connectivity index (χ1) is 11.1. The van der Waals surface area contributed by atoms with Gasteiger partial charge < -0.3 is 5.11 Å². The highest BCUT2D eigenvalue weighted by Crippen LogP contribution is 2.70. The molecule has 4 atom stereocenters. The van der Waals surface area contributed by atoms with E-state index in [2.05, 4.69) is 0 Å². The van der Waals surface area contributed by atoms with Crippen LogP contribution in [0.1, 0.15) is 30.9 Å². The summed E-state index contributed by atoms with van der Waals surface area (Å²) in [6.45, 7) is 1.79. The second-order valence-corrected chi connectivity index (χ2v) is 7.03. The third-order valence-corrected chi connectivity index (χ3v) is 5.94. The number of rotatable bonds is 4. The van der Waals surface area contributed by atoms with Gasteiger partial charge in [-0.3, -0.25) is 9.59 Å². The minimum atomic E-state index is -4.47. The first kappa shape index (κ1) is 17.3. The first-order valence-corrected chi connectivity index (χ1v) is 8.13. The van der Waals surface area contributed by atoms with Gasteiger partial charge in [0, 0.05) is 16.4 Å². The average molecular weight is 361 g/mol. The normalized spacial score (nSPS) is 31.9. The Morgan fingerprint density at radius 1 is 1.42 bits per heavy atom. The Kier molecular flexibility index (Phi) is 3.94. The highest BCUT2D eigenvalue weighted by atomic mass is 35.5. The number of halogens is 4. The van der Waals surface area contributed by atoms with Crippen LogP contribution in [0.4, 0.5) is 13.2 Å². The van der Waals surface area contributed by atoms with Gasteiger partial charge in [0.15, 0.2) is 0 Å². The Hall–Kier alpha value is -1.56. The van der Waals surface area contributed by atoms with Gasteiger partial charge in [-0.1, -0.05) is 18.5 Å². The summed E-state index contributed by atoms with van der Waals surface area (Å²) in [5.41, 5.74) is -1.35. The lowest BCUT2D eigenvalue weighted by atomic mass is 9.86. The largest absolute Gasteiger partial charge is 0.481 e. The minimum Gasteiger partial charge on any atom is -0.481 e. The number of Topliss-reactive ketones (excluding diaryl/α,β-unsaturated/α-hetero) is 1. The molecular formula is C17H16ClF3O3. The number of aliphatic carboxylic acids is 1. The Morgan fingerprint density at radius 2 is 2.08 bits per heavy atom.